The molecule has 19 heteroatoms. The zero-order valence-corrected chi connectivity index (χ0v) is 56.7. The Balaban J connectivity index is 5.24. The fraction of sp³-hybridized carbons (Fsp3) is 0.939. The van der Waals surface area contributed by atoms with E-state index >= 15 is 0 Å². The third kappa shape index (κ3) is 60.7. The van der Waals surface area contributed by atoms with Gasteiger partial charge in [0.25, 0.3) is 0 Å². The predicted octanol–water partition coefficient (Wildman–Crippen LogP) is 18.4. The van der Waals surface area contributed by atoms with Crippen LogP contribution >= 0.6 is 15.6 Å². The molecule has 0 spiro atoms. The van der Waals surface area contributed by atoms with E-state index in [4.69, 9.17) is 37.0 Å². The SMILES string of the molecule is CCCCCCCCCCCCCCC(=O)O[C@H](COC(=O)CCCCCCCCCCC)COP(=O)(O)OC[C@H](O)COP(=O)(O)OC[C@@H](COC(=O)CCCCCCCCCCCC(C)C)OC(=O)CCCCCCCCCCCC(C)C. The molecular weight excluding hydrogens is 1130 g/mol. The Morgan fingerprint density at radius 1 is 0.318 bits per heavy atom. The van der Waals surface area contributed by atoms with Crippen molar-refractivity contribution in [3.63, 3.8) is 0 Å². The lowest BCUT2D eigenvalue weighted by Gasteiger charge is -2.21. The van der Waals surface area contributed by atoms with E-state index in [0.717, 1.165) is 102 Å². The van der Waals surface area contributed by atoms with Gasteiger partial charge in [-0.2, -0.15) is 0 Å². The van der Waals surface area contributed by atoms with E-state index < -0.39 is 97.5 Å². The maximum atomic E-state index is 13.0. The quantitative estimate of drug-likeness (QED) is 0.0222. The molecule has 2 unspecified atom stereocenters. The maximum Gasteiger partial charge on any atom is 0.472 e. The van der Waals surface area contributed by atoms with Crippen LogP contribution in [0.15, 0.2) is 0 Å². The maximum absolute atomic E-state index is 13.0. The number of carbonyl (C=O) groups excluding carboxylic acids is 4. The molecule has 0 fully saturated rings. The highest BCUT2D eigenvalue weighted by atomic mass is 31.2. The van der Waals surface area contributed by atoms with Crippen LogP contribution in [0.3, 0.4) is 0 Å². The number of aliphatic hydroxyl groups is 1. The van der Waals surface area contributed by atoms with Crippen molar-refractivity contribution < 1.29 is 80.2 Å². The van der Waals surface area contributed by atoms with Crippen molar-refractivity contribution in [3.8, 4) is 0 Å². The Bertz CT molecular complexity index is 1670. The minimum Gasteiger partial charge on any atom is -0.462 e. The molecule has 504 valence electrons. The average Bonchev–Trinajstić information content (AvgIpc) is 3.58. The first kappa shape index (κ1) is 83.1. The number of phosphoric ester groups is 2. The molecule has 5 atom stereocenters. The molecule has 0 amide bonds. The Morgan fingerprint density at radius 2 is 0.541 bits per heavy atom. The van der Waals surface area contributed by atoms with E-state index in [1.807, 2.05) is 0 Å². The molecule has 0 aromatic rings. The van der Waals surface area contributed by atoms with Crippen LogP contribution in [-0.2, 0) is 65.4 Å². The summed E-state index contributed by atoms with van der Waals surface area (Å²) in [7, 11) is -9.89. The fourth-order valence-corrected chi connectivity index (χ4v) is 11.5. The fourth-order valence-electron chi connectivity index (χ4n) is 9.88. The van der Waals surface area contributed by atoms with Crippen molar-refractivity contribution in [1.82, 2.24) is 0 Å². The van der Waals surface area contributed by atoms with Gasteiger partial charge in [0, 0.05) is 25.7 Å². The lowest BCUT2D eigenvalue weighted by molar-refractivity contribution is -0.161. The molecule has 0 radical (unpaired) electrons. The normalized spacial score (nSPS) is 14.2. The average molecular weight is 1260 g/mol. The smallest absolute Gasteiger partial charge is 0.462 e. The van der Waals surface area contributed by atoms with Gasteiger partial charge >= 0.3 is 39.5 Å². The standard InChI is InChI=1S/C66H128O17P2/c1-7-9-11-13-15-17-18-19-25-32-38-44-50-65(70)82-61(54-76-63(68)48-42-36-30-22-16-14-12-10-8-2)56-80-84(72,73)78-52-60(67)53-79-85(74,75)81-57-62(83-66(71)51-45-39-33-27-21-24-29-35-41-47-59(5)6)55-77-64(69)49-43-37-31-26-20-23-28-34-40-46-58(3)4/h58-62,67H,7-57H2,1-6H3,(H,72,73)(H,74,75)/t60-,61+,62+/m0/s1. The number of ether oxygens (including phenoxy) is 4. The Kier molecular flexibility index (Phi) is 57.1. The van der Waals surface area contributed by atoms with E-state index in [1.54, 1.807) is 0 Å². The first-order chi connectivity index (χ1) is 40.9. The molecule has 0 saturated carbocycles. The molecule has 0 aliphatic carbocycles. The predicted molar refractivity (Wildman–Crippen MR) is 340 cm³/mol. The van der Waals surface area contributed by atoms with Crippen LogP contribution in [0.2, 0.25) is 0 Å². The Hall–Kier alpha value is -1.94. The summed E-state index contributed by atoms with van der Waals surface area (Å²) in [6, 6.07) is 0. The van der Waals surface area contributed by atoms with Crippen molar-refractivity contribution >= 4 is 39.5 Å². The van der Waals surface area contributed by atoms with E-state index in [-0.39, 0.29) is 25.7 Å². The summed E-state index contributed by atoms with van der Waals surface area (Å²) < 4.78 is 68.1. The van der Waals surface area contributed by atoms with Crippen LogP contribution in [0.5, 0.6) is 0 Å². The summed E-state index contributed by atoms with van der Waals surface area (Å²) in [5.74, 6) is -0.650. The van der Waals surface area contributed by atoms with Gasteiger partial charge in [0.1, 0.15) is 19.3 Å². The van der Waals surface area contributed by atoms with E-state index in [0.29, 0.717) is 25.7 Å². The van der Waals surface area contributed by atoms with Crippen molar-refractivity contribution in [1.29, 1.82) is 0 Å². The zero-order valence-electron chi connectivity index (χ0n) is 54.9. The van der Waals surface area contributed by atoms with E-state index in [1.165, 1.54) is 148 Å². The Morgan fingerprint density at radius 3 is 0.800 bits per heavy atom. The molecule has 0 rings (SSSR count). The number of rotatable bonds is 65. The lowest BCUT2D eigenvalue weighted by atomic mass is 10.0. The highest BCUT2D eigenvalue weighted by Crippen LogP contribution is 2.45. The summed E-state index contributed by atoms with van der Waals surface area (Å²) in [5.41, 5.74) is 0. The highest BCUT2D eigenvalue weighted by Gasteiger charge is 2.30. The van der Waals surface area contributed by atoms with Crippen LogP contribution in [-0.4, -0.2) is 96.7 Å². The number of hydrogen-bond acceptors (Lipinski definition) is 15. The second-order valence-corrected chi connectivity index (χ2v) is 27.7. The largest absolute Gasteiger partial charge is 0.472 e. The van der Waals surface area contributed by atoms with Crippen LogP contribution < -0.4 is 0 Å². The molecule has 85 heavy (non-hydrogen) atoms. The summed E-state index contributed by atoms with van der Waals surface area (Å²) in [5, 5.41) is 10.5. The minimum absolute atomic E-state index is 0.105. The first-order valence-corrected chi connectivity index (χ1v) is 37.5. The van der Waals surface area contributed by atoms with Gasteiger partial charge in [-0.25, -0.2) is 9.13 Å². The summed E-state index contributed by atoms with van der Waals surface area (Å²) in [6.07, 6.45) is 41.6. The van der Waals surface area contributed by atoms with E-state index in [2.05, 4.69) is 41.5 Å². The summed E-state index contributed by atoms with van der Waals surface area (Å²) >= 11 is 0. The molecule has 3 N–H and O–H groups in total. The lowest BCUT2D eigenvalue weighted by Crippen LogP contribution is -2.30. The van der Waals surface area contributed by atoms with Crippen LogP contribution in [0.4, 0.5) is 0 Å². The summed E-state index contributed by atoms with van der Waals surface area (Å²) in [4.78, 5) is 72.3. The van der Waals surface area contributed by atoms with Gasteiger partial charge in [0.2, 0.25) is 0 Å². The molecule has 0 aliphatic heterocycles. The third-order valence-electron chi connectivity index (χ3n) is 15.2. The van der Waals surface area contributed by atoms with Gasteiger partial charge in [0.05, 0.1) is 26.4 Å². The van der Waals surface area contributed by atoms with Gasteiger partial charge in [-0.1, -0.05) is 279 Å². The molecule has 0 heterocycles. The van der Waals surface area contributed by atoms with Gasteiger partial charge in [-0.15, -0.1) is 0 Å². The molecule has 0 saturated heterocycles. The van der Waals surface area contributed by atoms with Gasteiger partial charge < -0.3 is 33.8 Å². The number of hydrogen-bond donors (Lipinski definition) is 3. The Labute approximate surface area is 517 Å². The zero-order chi connectivity index (χ0) is 62.9. The van der Waals surface area contributed by atoms with Gasteiger partial charge in [0.15, 0.2) is 12.2 Å². The number of carbonyl (C=O) groups is 4. The van der Waals surface area contributed by atoms with Crippen molar-refractivity contribution in [2.24, 2.45) is 11.8 Å². The van der Waals surface area contributed by atoms with Crippen LogP contribution in [0.1, 0.15) is 330 Å². The van der Waals surface area contributed by atoms with Crippen LogP contribution in [0, 0.1) is 11.8 Å². The molecular formula is C66H128O17P2. The number of phosphoric acid groups is 2. The number of esters is 4. The summed E-state index contributed by atoms with van der Waals surface area (Å²) in [6.45, 7) is 9.46. The topological polar surface area (TPSA) is 237 Å². The van der Waals surface area contributed by atoms with Gasteiger partial charge in [-0.05, 0) is 37.5 Å². The van der Waals surface area contributed by atoms with Crippen LogP contribution in [0.25, 0.3) is 0 Å². The molecule has 17 nitrogen and oxygen atoms in total. The molecule has 0 aliphatic rings. The molecule has 0 aromatic heterocycles. The van der Waals surface area contributed by atoms with Crippen molar-refractivity contribution in [2.75, 3.05) is 39.6 Å². The highest BCUT2D eigenvalue weighted by molar-refractivity contribution is 7.47. The van der Waals surface area contributed by atoms with Crippen molar-refractivity contribution in [3.05, 3.63) is 0 Å². The second-order valence-electron chi connectivity index (χ2n) is 24.8. The minimum atomic E-state index is -4.95. The number of unbranched alkanes of at least 4 members (excludes halogenated alkanes) is 35. The number of aliphatic hydroxyl groups excluding tert-OH is 1. The molecule has 0 aromatic carbocycles. The molecule has 0 bridgehead atoms. The third-order valence-corrected chi connectivity index (χ3v) is 17.1. The monoisotopic (exact) mass is 1250 g/mol. The van der Waals surface area contributed by atoms with Gasteiger partial charge in [-0.3, -0.25) is 37.3 Å². The van der Waals surface area contributed by atoms with E-state index in [9.17, 15) is 43.2 Å². The second kappa shape index (κ2) is 58.4. The van der Waals surface area contributed by atoms with Crippen molar-refractivity contribution in [2.45, 2.75) is 349 Å². The first-order valence-electron chi connectivity index (χ1n) is 34.5.